The van der Waals surface area contributed by atoms with Crippen molar-refractivity contribution in [2.24, 2.45) is 0 Å². The van der Waals surface area contributed by atoms with E-state index in [9.17, 15) is 0 Å². The highest BCUT2D eigenvalue weighted by molar-refractivity contribution is 5.62. The van der Waals surface area contributed by atoms with Crippen LogP contribution in [0, 0.1) is 13.8 Å². The quantitative estimate of drug-likeness (QED) is 0.899. The number of hydrogen-bond acceptors (Lipinski definition) is 3. The molecule has 0 aliphatic rings. The summed E-state index contributed by atoms with van der Waals surface area (Å²) in [5.74, 6) is 1.78. The second-order valence-corrected chi connectivity index (χ2v) is 4.44. The van der Waals surface area contributed by atoms with Gasteiger partial charge < -0.3 is 5.32 Å². The molecule has 0 saturated carbocycles. The number of benzene rings is 1. The van der Waals surface area contributed by atoms with Gasteiger partial charge in [-0.1, -0.05) is 23.8 Å². The number of hydrogen-bond donors (Lipinski definition) is 1. The largest absolute Gasteiger partial charge is 0.355 e. The first-order chi connectivity index (χ1) is 8.67. The van der Waals surface area contributed by atoms with E-state index in [0.29, 0.717) is 0 Å². The summed E-state index contributed by atoms with van der Waals surface area (Å²) in [6.07, 6.45) is 0. The summed E-state index contributed by atoms with van der Waals surface area (Å²) in [6.45, 7) is 10.1. The van der Waals surface area contributed by atoms with Crippen LogP contribution < -0.4 is 5.32 Å². The minimum Gasteiger partial charge on any atom is -0.355 e. The van der Waals surface area contributed by atoms with Crippen LogP contribution in [0.3, 0.4) is 0 Å². The molecule has 2 rings (SSSR count). The molecule has 1 heterocycles. The van der Waals surface area contributed by atoms with Gasteiger partial charge in [-0.25, -0.2) is 0 Å². The van der Waals surface area contributed by atoms with Crippen LogP contribution in [0.15, 0.2) is 18.2 Å². The van der Waals surface area contributed by atoms with E-state index < -0.39 is 0 Å². The lowest BCUT2D eigenvalue weighted by atomic mass is 10.1. The van der Waals surface area contributed by atoms with Crippen molar-refractivity contribution in [1.29, 1.82) is 0 Å². The fraction of sp³-hybridized carbons (Fsp3) is 0.429. The Morgan fingerprint density at radius 3 is 2.56 bits per heavy atom. The lowest BCUT2D eigenvalue weighted by Gasteiger charge is -2.10. The Hall–Kier alpha value is -1.84. The standard InChI is InChI=1S/C14H20N4/c1-5-15-14-17-16-13(18(14)6-2)12-8-7-10(3)9-11(12)4/h7-9H,5-6H2,1-4H3,(H,15,17). The Bertz CT molecular complexity index is 543. The minimum absolute atomic E-state index is 0.843. The summed E-state index contributed by atoms with van der Waals surface area (Å²) in [6, 6.07) is 6.41. The molecule has 0 radical (unpaired) electrons. The van der Waals surface area contributed by atoms with Crippen molar-refractivity contribution in [3.8, 4) is 11.4 Å². The normalized spacial score (nSPS) is 10.7. The molecule has 96 valence electrons. The van der Waals surface area contributed by atoms with Gasteiger partial charge in [0.1, 0.15) is 0 Å². The van der Waals surface area contributed by atoms with Crippen LogP contribution in [0.2, 0.25) is 0 Å². The Labute approximate surface area is 108 Å². The summed E-state index contributed by atoms with van der Waals surface area (Å²) in [5, 5.41) is 11.8. The first-order valence-electron chi connectivity index (χ1n) is 6.42. The van der Waals surface area contributed by atoms with Crippen molar-refractivity contribution in [1.82, 2.24) is 14.8 Å². The van der Waals surface area contributed by atoms with Crippen molar-refractivity contribution in [3.05, 3.63) is 29.3 Å². The molecule has 0 saturated heterocycles. The summed E-state index contributed by atoms with van der Waals surface area (Å²) in [7, 11) is 0. The maximum absolute atomic E-state index is 4.32. The Morgan fingerprint density at radius 2 is 1.94 bits per heavy atom. The van der Waals surface area contributed by atoms with Crippen LogP contribution in [0.5, 0.6) is 0 Å². The molecule has 0 aliphatic heterocycles. The number of nitrogens with one attached hydrogen (secondary N) is 1. The van der Waals surface area contributed by atoms with Crippen LogP contribution in [0.25, 0.3) is 11.4 Å². The number of anilines is 1. The average Bonchev–Trinajstić information content (AvgIpc) is 2.72. The van der Waals surface area contributed by atoms with Crippen LogP contribution in [0.4, 0.5) is 5.95 Å². The molecule has 0 unspecified atom stereocenters. The third-order valence-corrected chi connectivity index (χ3v) is 3.02. The van der Waals surface area contributed by atoms with Gasteiger partial charge >= 0.3 is 0 Å². The third kappa shape index (κ3) is 2.23. The van der Waals surface area contributed by atoms with E-state index in [2.05, 4.69) is 66.0 Å². The van der Waals surface area contributed by atoms with Gasteiger partial charge in [0.2, 0.25) is 5.95 Å². The maximum atomic E-state index is 4.32. The second-order valence-electron chi connectivity index (χ2n) is 4.44. The number of aromatic nitrogens is 3. The average molecular weight is 244 g/mol. The van der Waals surface area contributed by atoms with Crippen molar-refractivity contribution < 1.29 is 0 Å². The fourth-order valence-electron chi connectivity index (χ4n) is 2.16. The fourth-order valence-corrected chi connectivity index (χ4v) is 2.16. The molecule has 2 aromatic rings. The lowest BCUT2D eigenvalue weighted by molar-refractivity contribution is 0.770. The van der Waals surface area contributed by atoms with Crippen molar-refractivity contribution in [2.75, 3.05) is 11.9 Å². The minimum atomic E-state index is 0.843. The first-order valence-corrected chi connectivity index (χ1v) is 6.42. The lowest BCUT2D eigenvalue weighted by Crippen LogP contribution is -2.07. The third-order valence-electron chi connectivity index (χ3n) is 3.02. The van der Waals surface area contributed by atoms with Crippen LogP contribution >= 0.6 is 0 Å². The zero-order valence-corrected chi connectivity index (χ0v) is 11.5. The van der Waals surface area contributed by atoms with Gasteiger partial charge in [-0.2, -0.15) is 0 Å². The summed E-state index contributed by atoms with van der Waals surface area (Å²) in [5.41, 5.74) is 3.66. The Morgan fingerprint density at radius 1 is 1.17 bits per heavy atom. The van der Waals surface area contributed by atoms with Gasteiger partial charge in [0.25, 0.3) is 0 Å². The predicted octanol–water partition coefficient (Wildman–Crippen LogP) is 3.01. The van der Waals surface area contributed by atoms with Gasteiger partial charge in [0.05, 0.1) is 0 Å². The van der Waals surface area contributed by atoms with Gasteiger partial charge in [-0.3, -0.25) is 4.57 Å². The van der Waals surface area contributed by atoms with Crippen molar-refractivity contribution in [2.45, 2.75) is 34.2 Å². The van der Waals surface area contributed by atoms with E-state index in [1.165, 1.54) is 11.1 Å². The molecule has 0 amide bonds. The number of rotatable bonds is 4. The van der Waals surface area contributed by atoms with Gasteiger partial charge in [-0.15, -0.1) is 10.2 Å². The van der Waals surface area contributed by atoms with E-state index in [-0.39, 0.29) is 0 Å². The zero-order valence-electron chi connectivity index (χ0n) is 11.5. The molecule has 0 fully saturated rings. The molecule has 4 nitrogen and oxygen atoms in total. The van der Waals surface area contributed by atoms with Gasteiger partial charge in [-0.05, 0) is 33.3 Å². The number of aryl methyl sites for hydroxylation is 2. The second kappa shape index (κ2) is 5.21. The van der Waals surface area contributed by atoms with E-state index in [0.717, 1.165) is 30.4 Å². The molecule has 0 spiro atoms. The molecule has 18 heavy (non-hydrogen) atoms. The summed E-state index contributed by atoms with van der Waals surface area (Å²) < 4.78 is 2.11. The molecular weight excluding hydrogens is 224 g/mol. The molecule has 0 aliphatic carbocycles. The topological polar surface area (TPSA) is 42.7 Å². The van der Waals surface area contributed by atoms with E-state index >= 15 is 0 Å². The van der Waals surface area contributed by atoms with E-state index in [1.54, 1.807) is 0 Å². The predicted molar refractivity (Wildman–Crippen MR) is 74.8 cm³/mol. The molecule has 0 atom stereocenters. The SMILES string of the molecule is CCNc1nnc(-c2ccc(C)cc2C)n1CC. The van der Waals surface area contributed by atoms with E-state index in [1.807, 2.05) is 0 Å². The Kier molecular flexibility index (Phi) is 3.65. The molecule has 4 heteroatoms. The first kappa shape index (κ1) is 12.6. The smallest absolute Gasteiger partial charge is 0.224 e. The highest BCUT2D eigenvalue weighted by Gasteiger charge is 2.13. The van der Waals surface area contributed by atoms with E-state index in [4.69, 9.17) is 0 Å². The van der Waals surface area contributed by atoms with Gasteiger partial charge in [0, 0.05) is 18.7 Å². The van der Waals surface area contributed by atoms with Crippen LogP contribution in [-0.4, -0.2) is 21.3 Å². The highest BCUT2D eigenvalue weighted by atomic mass is 15.3. The monoisotopic (exact) mass is 244 g/mol. The van der Waals surface area contributed by atoms with Crippen molar-refractivity contribution >= 4 is 5.95 Å². The summed E-state index contributed by atoms with van der Waals surface area (Å²) in [4.78, 5) is 0. The Balaban J connectivity index is 2.50. The molecule has 1 N–H and O–H groups in total. The molecule has 1 aromatic carbocycles. The number of nitrogens with zero attached hydrogens (tertiary/aromatic N) is 3. The molecular formula is C14H20N4. The molecule has 0 bridgehead atoms. The van der Waals surface area contributed by atoms with Crippen LogP contribution in [0.1, 0.15) is 25.0 Å². The van der Waals surface area contributed by atoms with Crippen molar-refractivity contribution in [3.63, 3.8) is 0 Å². The molecule has 1 aromatic heterocycles. The van der Waals surface area contributed by atoms with Crippen LogP contribution in [-0.2, 0) is 6.54 Å². The summed E-state index contributed by atoms with van der Waals surface area (Å²) >= 11 is 0. The van der Waals surface area contributed by atoms with Gasteiger partial charge in [0.15, 0.2) is 5.82 Å². The maximum Gasteiger partial charge on any atom is 0.224 e. The zero-order chi connectivity index (χ0) is 13.1. The highest BCUT2D eigenvalue weighted by Crippen LogP contribution is 2.24.